The fourth-order valence-corrected chi connectivity index (χ4v) is 2.16. The van der Waals surface area contributed by atoms with Crippen molar-refractivity contribution < 1.29 is 19.4 Å². The Kier molecular flexibility index (Phi) is 6.41. The fourth-order valence-electron chi connectivity index (χ4n) is 2.16. The van der Waals surface area contributed by atoms with Crippen LogP contribution in [-0.2, 0) is 16.0 Å². The van der Waals surface area contributed by atoms with E-state index in [-0.39, 0.29) is 12.2 Å². The normalized spacial score (nSPS) is 11.5. The molecule has 21 heavy (non-hydrogen) atoms. The standard InChI is InChI=1S/C16H19NO4/c1-3-21-16(20)13(10-17)8-4-6-12-7-5-9-14(11(12)2)15(18)19/h5,7,9,13H,3-4,6,8H2,1-2H3,(H,18,19). The first-order valence-corrected chi connectivity index (χ1v) is 6.89. The molecular formula is C16H19NO4. The van der Waals surface area contributed by atoms with Gasteiger partial charge in [-0.15, -0.1) is 0 Å². The minimum absolute atomic E-state index is 0.261. The van der Waals surface area contributed by atoms with E-state index in [1.165, 1.54) is 0 Å². The van der Waals surface area contributed by atoms with E-state index < -0.39 is 17.9 Å². The van der Waals surface area contributed by atoms with Gasteiger partial charge in [-0.1, -0.05) is 12.1 Å². The number of nitriles is 1. The number of hydrogen-bond donors (Lipinski definition) is 1. The minimum Gasteiger partial charge on any atom is -0.478 e. The fraction of sp³-hybridized carbons (Fsp3) is 0.438. The number of rotatable bonds is 7. The quantitative estimate of drug-likeness (QED) is 0.780. The highest BCUT2D eigenvalue weighted by Gasteiger charge is 2.19. The third-order valence-electron chi connectivity index (χ3n) is 3.34. The zero-order valence-electron chi connectivity index (χ0n) is 12.3. The number of aromatic carboxylic acids is 1. The number of carboxylic acids is 1. The Hall–Kier alpha value is -2.35. The lowest BCUT2D eigenvalue weighted by Crippen LogP contribution is -2.16. The van der Waals surface area contributed by atoms with E-state index in [1.807, 2.05) is 12.1 Å². The Labute approximate surface area is 124 Å². The average molecular weight is 289 g/mol. The molecule has 1 aromatic carbocycles. The maximum Gasteiger partial charge on any atom is 0.335 e. The summed E-state index contributed by atoms with van der Waals surface area (Å²) in [6.07, 6.45) is 1.66. The zero-order valence-corrected chi connectivity index (χ0v) is 12.3. The summed E-state index contributed by atoms with van der Waals surface area (Å²) in [5.41, 5.74) is 1.94. The molecule has 0 aromatic heterocycles. The van der Waals surface area contributed by atoms with Crippen LogP contribution in [0.4, 0.5) is 0 Å². The molecule has 0 heterocycles. The van der Waals surface area contributed by atoms with Crippen LogP contribution >= 0.6 is 0 Å². The van der Waals surface area contributed by atoms with Crippen LogP contribution in [0, 0.1) is 24.2 Å². The smallest absolute Gasteiger partial charge is 0.335 e. The molecule has 1 aromatic rings. The molecule has 0 aliphatic carbocycles. The third-order valence-corrected chi connectivity index (χ3v) is 3.34. The van der Waals surface area contributed by atoms with Crippen LogP contribution in [0.5, 0.6) is 0 Å². The van der Waals surface area contributed by atoms with Crippen molar-refractivity contribution in [2.75, 3.05) is 6.61 Å². The molecule has 1 rings (SSSR count). The topological polar surface area (TPSA) is 87.4 Å². The van der Waals surface area contributed by atoms with Crippen molar-refractivity contribution in [3.63, 3.8) is 0 Å². The van der Waals surface area contributed by atoms with Gasteiger partial charge in [0.1, 0.15) is 5.92 Å². The minimum atomic E-state index is -0.948. The second-order valence-electron chi connectivity index (χ2n) is 4.72. The Balaban J connectivity index is 2.64. The first-order chi connectivity index (χ1) is 10.0. The highest BCUT2D eigenvalue weighted by Crippen LogP contribution is 2.18. The van der Waals surface area contributed by atoms with Gasteiger partial charge >= 0.3 is 11.9 Å². The van der Waals surface area contributed by atoms with Gasteiger partial charge in [0.2, 0.25) is 0 Å². The highest BCUT2D eigenvalue weighted by molar-refractivity contribution is 5.89. The summed E-state index contributed by atoms with van der Waals surface area (Å²) in [6.45, 7) is 3.73. The van der Waals surface area contributed by atoms with Gasteiger partial charge in [0.05, 0.1) is 18.2 Å². The Bertz CT molecular complexity index is 560. The summed E-state index contributed by atoms with van der Waals surface area (Å²) < 4.78 is 4.83. The van der Waals surface area contributed by atoms with E-state index >= 15 is 0 Å². The first kappa shape index (κ1) is 16.7. The molecule has 0 radical (unpaired) electrons. The maximum absolute atomic E-state index is 11.5. The summed E-state index contributed by atoms with van der Waals surface area (Å²) >= 11 is 0. The van der Waals surface area contributed by atoms with E-state index in [1.54, 1.807) is 26.0 Å². The third kappa shape index (κ3) is 4.60. The van der Waals surface area contributed by atoms with Crippen LogP contribution < -0.4 is 0 Å². The van der Waals surface area contributed by atoms with Crippen molar-refractivity contribution >= 4 is 11.9 Å². The lowest BCUT2D eigenvalue weighted by Gasteiger charge is -2.10. The summed E-state index contributed by atoms with van der Waals surface area (Å²) in [5.74, 6) is -2.19. The molecule has 0 aliphatic heterocycles. The van der Waals surface area contributed by atoms with Crippen LogP contribution in [-0.4, -0.2) is 23.7 Å². The van der Waals surface area contributed by atoms with Crippen LogP contribution in [0.2, 0.25) is 0 Å². The molecule has 5 heteroatoms. The lowest BCUT2D eigenvalue weighted by molar-refractivity contribution is -0.146. The number of nitrogens with zero attached hydrogens (tertiary/aromatic N) is 1. The van der Waals surface area contributed by atoms with Gasteiger partial charge in [0.25, 0.3) is 0 Å². The number of ether oxygens (including phenoxy) is 1. The molecule has 112 valence electrons. The van der Waals surface area contributed by atoms with E-state index in [0.29, 0.717) is 19.3 Å². The number of aryl methyl sites for hydroxylation is 1. The molecule has 1 N–H and O–H groups in total. The molecule has 0 saturated carbocycles. The number of esters is 1. The van der Waals surface area contributed by atoms with E-state index in [0.717, 1.165) is 11.1 Å². The SMILES string of the molecule is CCOC(=O)C(C#N)CCCc1cccc(C(=O)O)c1C. The average Bonchev–Trinajstić information content (AvgIpc) is 2.45. The summed E-state index contributed by atoms with van der Waals surface area (Å²) in [5, 5.41) is 18.0. The molecule has 0 aliphatic rings. The largest absolute Gasteiger partial charge is 0.478 e. The Morgan fingerprint density at radius 2 is 2.14 bits per heavy atom. The van der Waals surface area contributed by atoms with Crippen molar-refractivity contribution in [3.8, 4) is 6.07 Å². The van der Waals surface area contributed by atoms with Gasteiger partial charge in [-0.05, 0) is 50.3 Å². The number of carbonyl (C=O) groups excluding carboxylic acids is 1. The maximum atomic E-state index is 11.5. The predicted molar refractivity (Wildman–Crippen MR) is 76.8 cm³/mol. The first-order valence-electron chi connectivity index (χ1n) is 6.89. The Morgan fingerprint density at radius 3 is 2.71 bits per heavy atom. The molecule has 0 saturated heterocycles. The van der Waals surface area contributed by atoms with Crippen LogP contribution in [0.25, 0.3) is 0 Å². The number of benzene rings is 1. The molecule has 1 atom stereocenters. The lowest BCUT2D eigenvalue weighted by atomic mass is 9.96. The van der Waals surface area contributed by atoms with Crippen molar-refractivity contribution in [3.05, 3.63) is 34.9 Å². The van der Waals surface area contributed by atoms with Gasteiger partial charge in [-0.2, -0.15) is 5.26 Å². The van der Waals surface area contributed by atoms with E-state index in [9.17, 15) is 9.59 Å². The summed E-state index contributed by atoms with van der Waals surface area (Å²) in [4.78, 5) is 22.6. The monoisotopic (exact) mass is 289 g/mol. The van der Waals surface area contributed by atoms with Crippen LogP contribution in [0.3, 0.4) is 0 Å². The molecule has 0 amide bonds. The van der Waals surface area contributed by atoms with Crippen molar-refractivity contribution in [1.82, 2.24) is 0 Å². The Morgan fingerprint density at radius 1 is 1.43 bits per heavy atom. The summed E-state index contributed by atoms with van der Waals surface area (Å²) in [7, 11) is 0. The molecule has 0 spiro atoms. The summed E-state index contributed by atoms with van der Waals surface area (Å²) in [6, 6.07) is 7.09. The highest BCUT2D eigenvalue weighted by atomic mass is 16.5. The molecular weight excluding hydrogens is 270 g/mol. The van der Waals surface area contributed by atoms with E-state index in [2.05, 4.69) is 0 Å². The predicted octanol–water partition coefficient (Wildman–Crippen LogP) is 2.72. The number of carbonyl (C=O) groups is 2. The number of hydrogen-bond acceptors (Lipinski definition) is 4. The van der Waals surface area contributed by atoms with Gasteiger partial charge < -0.3 is 9.84 Å². The van der Waals surface area contributed by atoms with Crippen molar-refractivity contribution in [2.45, 2.75) is 33.1 Å². The second-order valence-corrected chi connectivity index (χ2v) is 4.72. The number of carboxylic acid groups (broad SMARTS) is 1. The molecule has 1 unspecified atom stereocenters. The van der Waals surface area contributed by atoms with E-state index in [4.69, 9.17) is 15.1 Å². The van der Waals surface area contributed by atoms with Gasteiger partial charge in [0.15, 0.2) is 0 Å². The molecule has 5 nitrogen and oxygen atoms in total. The molecule has 0 bridgehead atoms. The zero-order chi connectivity index (χ0) is 15.8. The second kappa shape index (κ2) is 8.05. The van der Waals surface area contributed by atoms with Crippen molar-refractivity contribution in [2.24, 2.45) is 5.92 Å². The molecule has 0 fully saturated rings. The van der Waals surface area contributed by atoms with Crippen LogP contribution in [0.1, 0.15) is 41.3 Å². The van der Waals surface area contributed by atoms with Gasteiger partial charge in [-0.3, -0.25) is 4.79 Å². The van der Waals surface area contributed by atoms with Crippen LogP contribution in [0.15, 0.2) is 18.2 Å². The van der Waals surface area contributed by atoms with Gasteiger partial charge in [0, 0.05) is 0 Å². The van der Waals surface area contributed by atoms with Gasteiger partial charge in [-0.25, -0.2) is 4.79 Å². The van der Waals surface area contributed by atoms with Crippen molar-refractivity contribution in [1.29, 1.82) is 5.26 Å².